The van der Waals surface area contributed by atoms with Gasteiger partial charge in [0.15, 0.2) is 0 Å². The van der Waals surface area contributed by atoms with Crippen molar-refractivity contribution in [3.05, 3.63) is 0 Å². The molecule has 1 heterocycles. The summed E-state index contributed by atoms with van der Waals surface area (Å²) in [4.78, 5) is 25.4. The summed E-state index contributed by atoms with van der Waals surface area (Å²) in [7, 11) is 1.81. The zero-order valence-corrected chi connectivity index (χ0v) is 12.4. The molecular weight excluding hydrogens is 248 g/mol. The van der Waals surface area contributed by atoms with Crippen LogP contribution in [0.4, 0.5) is 4.79 Å². The molecule has 2 atom stereocenters. The van der Waals surface area contributed by atoms with E-state index in [1.54, 1.807) is 27.7 Å². The topological polar surface area (TPSA) is 67.9 Å². The lowest BCUT2D eigenvalue weighted by Crippen LogP contribution is -2.44. The first-order valence-corrected chi connectivity index (χ1v) is 6.62. The average molecular weight is 272 g/mol. The normalized spacial score (nSPS) is 23.3. The van der Waals surface area contributed by atoms with Gasteiger partial charge >= 0.3 is 12.1 Å². The van der Waals surface area contributed by atoms with Crippen molar-refractivity contribution in [3.8, 4) is 0 Å². The molecule has 0 aliphatic carbocycles. The Morgan fingerprint density at radius 1 is 1.37 bits per heavy atom. The van der Waals surface area contributed by atoms with Gasteiger partial charge in [0.05, 0.1) is 6.61 Å². The summed E-state index contributed by atoms with van der Waals surface area (Å²) in [6, 6.07) is -0.478. The van der Waals surface area contributed by atoms with E-state index >= 15 is 0 Å². The highest BCUT2D eigenvalue weighted by molar-refractivity contribution is 5.82. The molecule has 0 bridgehead atoms. The fraction of sp³-hybridized carbons (Fsp3) is 0.846. The molecule has 19 heavy (non-hydrogen) atoms. The molecule has 0 radical (unpaired) electrons. The Labute approximate surface area is 114 Å². The fourth-order valence-electron chi connectivity index (χ4n) is 2.03. The molecule has 0 spiro atoms. The highest BCUT2D eigenvalue weighted by Gasteiger charge is 2.41. The van der Waals surface area contributed by atoms with Gasteiger partial charge in [-0.25, -0.2) is 9.59 Å². The maximum Gasteiger partial charge on any atom is 0.411 e. The minimum Gasteiger partial charge on any atom is -0.464 e. The summed E-state index contributed by atoms with van der Waals surface area (Å²) in [6.07, 6.45) is 0.0810. The molecule has 0 aromatic rings. The van der Waals surface area contributed by atoms with Crippen LogP contribution in [0.5, 0.6) is 0 Å². The second-order valence-electron chi connectivity index (χ2n) is 5.62. The molecule has 0 aromatic heterocycles. The van der Waals surface area contributed by atoms with Crippen LogP contribution >= 0.6 is 0 Å². The summed E-state index contributed by atoms with van der Waals surface area (Å²) in [5.74, 6) is -0.369. The van der Waals surface area contributed by atoms with Crippen LogP contribution in [0, 0.1) is 0 Å². The van der Waals surface area contributed by atoms with Crippen molar-refractivity contribution >= 4 is 12.1 Å². The zero-order valence-electron chi connectivity index (χ0n) is 12.4. The van der Waals surface area contributed by atoms with E-state index in [4.69, 9.17) is 9.47 Å². The van der Waals surface area contributed by atoms with Gasteiger partial charge in [0.1, 0.15) is 11.6 Å². The van der Waals surface area contributed by atoms with E-state index < -0.39 is 17.7 Å². The maximum absolute atomic E-state index is 12.1. The molecule has 1 aliphatic heterocycles. The predicted octanol–water partition coefficient (Wildman–Crippen LogP) is 1.15. The number of rotatable bonds is 3. The number of hydrogen-bond donors (Lipinski definition) is 1. The van der Waals surface area contributed by atoms with Crippen molar-refractivity contribution in [1.82, 2.24) is 10.2 Å². The summed E-state index contributed by atoms with van der Waals surface area (Å²) in [5.41, 5.74) is -0.575. The van der Waals surface area contributed by atoms with Gasteiger partial charge < -0.3 is 14.8 Å². The van der Waals surface area contributed by atoms with Crippen LogP contribution in [0.3, 0.4) is 0 Å². The number of likely N-dealkylation sites (tertiary alicyclic amines) is 1. The number of carbonyl (C=O) groups excluding carboxylic acids is 2. The van der Waals surface area contributed by atoms with Crippen molar-refractivity contribution in [2.75, 3.05) is 20.2 Å². The number of nitrogens with one attached hydrogen (secondary N) is 1. The van der Waals surface area contributed by atoms with E-state index in [-0.39, 0.29) is 12.0 Å². The minimum atomic E-state index is -0.575. The summed E-state index contributed by atoms with van der Waals surface area (Å²) in [5, 5.41) is 3.08. The largest absolute Gasteiger partial charge is 0.464 e. The van der Waals surface area contributed by atoms with Crippen molar-refractivity contribution in [1.29, 1.82) is 0 Å². The molecule has 110 valence electrons. The van der Waals surface area contributed by atoms with Crippen LogP contribution in [-0.2, 0) is 14.3 Å². The Hall–Kier alpha value is -1.30. The van der Waals surface area contributed by atoms with Crippen molar-refractivity contribution in [2.24, 2.45) is 0 Å². The smallest absolute Gasteiger partial charge is 0.411 e. The van der Waals surface area contributed by atoms with E-state index in [2.05, 4.69) is 5.32 Å². The third kappa shape index (κ3) is 4.38. The van der Waals surface area contributed by atoms with Gasteiger partial charge in [-0.05, 0) is 41.2 Å². The number of esters is 1. The molecule has 1 saturated heterocycles. The number of hydrogen-bond acceptors (Lipinski definition) is 5. The van der Waals surface area contributed by atoms with Crippen LogP contribution < -0.4 is 5.32 Å². The number of carbonyl (C=O) groups is 2. The van der Waals surface area contributed by atoms with E-state index in [9.17, 15) is 9.59 Å². The third-order valence-corrected chi connectivity index (χ3v) is 2.90. The van der Waals surface area contributed by atoms with E-state index in [1.165, 1.54) is 4.90 Å². The second-order valence-corrected chi connectivity index (χ2v) is 5.62. The standard InChI is InChI=1S/C13H24N2O4/c1-6-18-11(16)10-7-9(14-5)8-15(10)12(17)19-13(2,3)4/h9-10,14H,6-8H2,1-5H3/t9-,10-/m1/s1. The van der Waals surface area contributed by atoms with Gasteiger partial charge in [0.2, 0.25) is 0 Å². The van der Waals surface area contributed by atoms with Gasteiger partial charge in [-0.3, -0.25) is 4.90 Å². The van der Waals surface area contributed by atoms with Crippen LogP contribution in [0.1, 0.15) is 34.1 Å². The number of amides is 1. The first kappa shape index (κ1) is 15.8. The SMILES string of the molecule is CCOC(=O)[C@H]1C[C@@H](NC)CN1C(=O)OC(C)(C)C. The molecule has 6 nitrogen and oxygen atoms in total. The van der Waals surface area contributed by atoms with Crippen LogP contribution in [-0.4, -0.2) is 54.8 Å². The number of nitrogens with zero attached hydrogens (tertiary/aromatic N) is 1. The van der Waals surface area contributed by atoms with Gasteiger partial charge in [0.25, 0.3) is 0 Å². The Morgan fingerprint density at radius 2 is 2.00 bits per heavy atom. The molecule has 1 N–H and O–H groups in total. The highest BCUT2D eigenvalue weighted by atomic mass is 16.6. The van der Waals surface area contributed by atoms with Gasteiger partial charge in [-0.15, -0.1) is 0 Å². The molecule has 1 fully saturated rings. The maximum atomic E-state index is 12.1. The van der Waals surface area contributed by atoms with Crippen molar-refractivity contribution < 1.29 is 19.1 Å². The van der Waals surface area contributed by atoms with Crippen LogP contribution in [0.15, 0.2) is 0 Å². The summed E-state index contributed by atoms with van der Waals surface area (Å²) in [6.45, 7) is 7.92. The molecule has 0 aromatic carbocycles. The molecule has 1 aliphatic rings. The van der Waals surface area contributed by atoms with Crippen LogP contribution in [0.2, 0.25) is 0 Å². The van der Waals surface area contributed by atoms with Crippen LogP contribution in [0.25, 0.3) is 0 Å². The first-order valence-electron chi connectivity index (χ1n) is 6.62. The highest BCUT2D eigenvalue weighted by Crippen LogP contribution is 2.22. The Morgan fingerprint density at radius 3 is 2.47 bits per heavy atom. The third-order valence-electron chi connectivity index (χ3n) is 2.90. The predicted molar refractivity (Wildman–Crippen MR) is 70.8 cm³/mol. The van der Waals surface area contributed by atoms with E-state index in [0.29, 0.717) is 19.6 Å². The lowest BCUT2D eigenvalue weighted by Gasteiger charge is -2.27. The second kappa shape index (κ2) is 6.23. The zero-order chi connectivity index (χ0) is 14.6. The Kier molecular flexibility index (Phi) is 5.17. The Balaban J connectivity index is 2.76. The summed E-state index contributed by atoms with van der Waals surface area (Å²) >= 11 is 0. The molecule has 0 unspecified atom stereocenters. The quantitative estimate of drug-likeness (QED) is 0.781. The average Bonchev–Trinajstić information content (AvgIpc) is 2.71. The Bertz CT molecular complexity index is 338. The molecule has 1 amide bonds. The summed E-state index contributed by atoms with van der Waals surface area (Å²) < 4.78 is 10.3. The van der Waals surface area contributed by atoms with Gasteiger partial charge in [-0.1, -0.05) is 0 Å². The number of ether oxygens (including phenoxy) is 2. The lowest BCUT2D eigenvalue weighted by atomic mass is 10.2. The van der Waals surface area contributed by atoms with Gasteiger partial charge in [0, 0.05) is 12.6 Å². The number of likely N-dealkylation sites (N-methyl/N-ethyl adjacent to an activating group) is 1. The van der Waals surface area contributed by atoms with Gasteiger partial charge in [-0.2, -0.15) is 0 Å². The minimum absolute atomic E-state index is 0.0851. The molecular formula is C13H24N2O4. The first-order chi connectivity index (χ1) is 8.78. The van der Waals surface area contributed by atoms with E-state index in [1.807, 2.05) is 7.05 Å². The van der Waals surface area contributed by atoms with E-state index in [0.717, 1.165) is 0 Å². The lowest BCUT2D eigenvalue weighted by molar-refractivity contribution is -0.148. The van der Waals surface area contributed by atoms with Crippen molar-refractivity contribution in [2.45, 2.75) is 51.8 Å². The van der Waals surface area contributed by atoms with Crippen molar-refractivity contribution in [3.63, 3.8) is 0 Å². The fourth-order valence-corrected chi connectivity index (χ4v) is 2.03. The monoisotopic (exact) mass is 272 g/mol. The molecule has 6 heteroatoms. The molecule has 0 saturated carbocycles. The molecule has 1 rings (SSSR count).